The molecule has 17 heavy (non-hydrogen) atoms. The molecule has 0 radical (unpaired) electrons. The third-order valence-electron chi connectivity index (χ3n) is 4.69. The van der Waals surface area contributed by atoms with Gasteiger partial charge in [0.1, 0.15) is 0 Å². The Balaban J connectivity index is 2.01. The monoisotopic (exact) mass is 231 g/mol. The summed E-state index contributed by atoms with van der Waals surface area (Å²) < 4.78 is 2.45. The number of aromatic nitrogens is 1. The van der Waals surface area contributed by atoms with Gasteiger partial charge in [-0.05, 0) is 51.5 Å². The van der Waals surface area contributed by atoms with Crippen LogP contribution in [0.3, 0.4) is 0 Å². The molecule has 1 atom stereocenters. The van der Waals surface area contributed by atoms with E-state index >= 15 is 0 Å². The van der Waals surface area contributed by atoms with Crippen molar-refractivity contribution in [1.82, 2.24) is 4.57 Å². The lowest BCUT2D eigenvalue weighted by molar-refractivity contribution is 0.0971. The minimum atomic E-state index is 0.355. The van der Waals surface area contributed by atoms with Crippen molar-refractivity contribution in [3.8, 4) is 0 Å². The van der Waals surface area contributed by atoms with Gasteiger partial charge in [-0.15, -0.1) is 0 Å². The fourth-order valence-corrected chi connectivity index (χ4v) is 3.45. The predicted molar refractivity (Wildman–Crippen MR) is 68.5 cm³/mol. The van der Waals surface area contributed by atoms with E-state index in [2.05, 4.69) is 24.5 Å². The van der Waals surface area contributed by atoms with Gasteiger partial charge in [-0.25, -0.2) is 0 Å². The van der Waals surface area contributed by atoms with Gasteiger partial charge in [-0.3, -0.25) is 4.79 Å². The van der Waals surface area contributed by atoms with Crippen LogP contribution in [0.15, 0.2) is 6.07 Å². The summed E-state index contributed by atoms with van der Waals surface area (Å²) in [5, 5.41) is 0. The summed E-state index contributed by atoms with van der Waals surface area (Å²) in [5.41, 5.74) is 3.61. The Kier molecular flexibility index (Phi) is 2.61. The smallest absolute Gasteiger partial charge is 0.164 e. The first kappa shape index (κ1) is 11.1. The molecule has 0 saturated heterocycles. The number of carbonyl (C=O) groups excluding carboxylic acids is 1. The van der Waals surface area contributed by atoms with Gasteiger partial charge in [0.25, 0.3) is 0 Å². The minimum Gasteiger partial charge on any atom is -0.345 e. The van der Waals surface area contributed by atoms with Gasteiger partial charge in [0, 0.05) is 29.4 Å². The summed E-state index contributed by atoms with van der Waals surface area (Å²) in [5.74, 6) is 1.19. The maximum absolute atomic E-state index is 11.9. The Morgan fingerprint density at radius 3 is 2.71 bits per heavy atom. The minimum absolute atomic E-state index is 0.355. The first-order valence-corrected chi connectivity index (χ1v) is 6.92. The second kappa shape index (κ2) is 4.01. The van der Waals surface area contributed by atoms with Crippen LogP contribution in [0.25, 0.3) is 0 Å². The Bertz CT molecular complexity index is 454. The summed E-state index contributed by atoms with van der Waals surface area (Å²) in [6.45, 7) is 4.48. The van der Waals surface area contributed by atoms with Gasteiger partial charge in [-0.2, -0.15) is 0 Å². The number of carbonyl (C=O) groups is 1. The molecule has 0 N–H and O–H groups in total. The van der Waals surface area contributed by atoms with E-state index in [1.807, 2.05) is 0 Å². The van der Waals surface area contributed by atoms with E-state index in [0.717, 1.165) is 30.7 Å². The van der Waals surface area contributed by atoms with Crippen molar-refractivity contribution >= 4 is 5.78 Å². The Morgan fingerprint density at radius 1 is 1.29 bits per heavy atom. The van der Waals surface area contributed by atoms with E-state index in [4.69, 9.17) is 0 Å². The molecule has 0 bridgehead atoms. The molecule has 0 aliphatic heterocycles. The number of ketones is 1. The lowest BCUT2D eigenvalue weighted by atomic mass is 9.80. The zero-order valence-corrected chi connectivity index (χ0v) is 10.8. The third-order valence-corrected chi connectivity index (χ3v) is 4.69. The molecular formula is C15H21NO. The van der Waals surface area contributed by atoms with Crippen LogP contribution >= 0.6 is 0 Å². The molecule has 0 aromatic carbocycles. The molecule has 0 amide bonds. The summed E-state index contributed by atoms with van der Waals surface area (Å²) in [7, 11) is 0. The van der Waals surface area contributed by atoms with E-state index < -0.39 is 0 Å². The van der Waals surface area contributed by atoms with Gasteiger partial charge in [0.2, 0.25) is 0 Å². The van der Waals surface area contributed by atoms with Crippen LogP contribution in [0.5, 0.6) is 0 Å². The molecule has 2 aliphatic carbocycles. The van der Waals surface area contributed by atoms with Crippen molar-refractivity contribution < 1.29 is 4.79 Å². The van der Waals surface area contributed by atoms with Crippen molar-refractivity contribution in [2.45, 2.75) is 58.4 Å². The molecule has 1 heterocycles. The highest BCUT2D eigenvalue weighted by molar-refractivity contribution is 5.98. The SMILES string of the molecule is Cc1cc2c(n1C(C)C1CCC1)CCCC2=O. The first-order valence-electron chi connectivity index (χ1n) is 6.92. The molecule has 92 valence electrons. The highest BCUT2D eigenvalue weighted by atomic mass is 16.1. The summed E-state index contributed by atoms with van der Waals surface area (Å²) >= 11 is 0. The van der Waals surface area contributed by atoms with Gasteiger partial charge < -0.3 is 4.57 Å². The van der Waals surface area contributed by atoms with Gasteiger partial charge in [0.05, 0.1) is 0 Å². The zero-order valence-electron chi connectivity index (χ0n) is 10.8. The largest absolute Gasteiger partial charge is 0.345 e. The Labute approximate surface area is 103 Å². The van der Waals surface area contributed by atoms with Gasteiger partial charge in [0.15, 0.2) is 5.78 Å². The predicted octanol–water partition coefficient (Wildman–Crippen LogP) is 3.68. The second-order valence-corrected chi connectivity index (χ2v) is 5.72. The van der Waals surface area contributed by atoms with Crippen LogP contribution in [-0.4, -0.2) is 10.4 Å². The number of nitrogens with zero attached hydrogens (tertiary/aromatic N) is 1. The first-order chi connectivity index (χ1) is 8.18. The standard InChI is InChI=1S/C15H21NO/c1-10-9-13-14(7-4-8-15(13)17)16(10)11(2)12-5-3-6-12/h9,11-12H,3-8H2,1-2H3. The maximum atomic E-state index is 11.9. The van der Waals surface area contributed by atoms with E-state index in [0.29, 0.717) is 11.8 Å². The van der Waals surface area contributed by atoms with Crippen molar-refractivity contribution in [2.75, 3.05) is 0 Å². The van der Waals surface area contributed by atoms with Crippen molar-refractivity contribution in [2.24, 2.45) is 5.92 Å². The van der Waals surface area contributed by atoms with Crippen LogP contribution in [0, 0.1) is 12.8 Å². The average Bonchev–Trinajstić information content (AvgIpc) is 2.53. The number of Topliss-reactive ketones (excluding diaryl/α,β-unsaturated/α-hetero) is 1. The summed E-state index contributed by atoms with van der Waals surface area (Å²) in [6, 6.07) is 2.70. The van der Waals surface area contributed by atoms with E-state index in [-0.39, 0.29) is 0 Å². The molecule has 2 aliphatic rings. The molecule has 2 heteroatoms. The lowest BCUT2D eigenvalue weighted by Crippen LogP contribution is -2.26. The topological polar surface area (TPSA) is 22.0 Å². The number of fused-ring (bicyclic) bond motifs is 1. The summed E-state index contributed by atoms with van der Waals surface area (Å²) in [4.78, 5) is 11.9. The molecule has 1 fully saturated rings. The number of hydrogen-bond donors (Lipinski definition) is 0. The average molecular weight is 231 g/mol. The highest BCUT2D eigenvalue weighted by Gasteiger charge is 2.30. The van der Waals surface area contributed by atoms with Crippen LogP contribution in [0.4, 0.5) is 0 Å². The van der Waals surface area contributed by atoms with Crippen molar-refractivity contribution in [3.63, 3.8) is 0 Å². The zero-order chi connectivity index (χ0) is 12.0. The normalized spacial score (nSPS) is 22.1. The molecular weight excluding hydrogens is 210 g/mol. The van der Waals surface area contributed by atoms with Crippen LogP contribution in [0.2, 0.25) is 0 Å². The van der Waals surface area contributed by atoms with Gasteiger partial charge in [-0.1, -0.05) is 6.42 Å². The number of rotatable bonds is 2. The quantitative estimate of drug-likeness (QED) is 0.761. The van der Waals surface area contributed by atoms with E-state index in [1.54, 1.807) is 0 Å². The van der Waals surface area contributed by atoms with Crippen LogP contribution in [0.1, 0.15) is 66.8 Å². The van der Waals surface area contributed by atoms with Crippen LogP contribution in [-0.2, 0) is 6.42 Å². The van der Waals surface area contributed by atoms with Crippen LogP contribution < -0.4 is 0 Å². The van der Waals surface area contributed by atoms with E-state index in [1.165, 1.54) is 30.7 Å². The van der Waals surface area contributed by atoms with E-state index in [9.17, 15) is 4.79 Å². The third kappa shape index (κ3) is 1.65. The molecule has 1 saturated carbocycles. The summed E-state index contributed by atoms with van der Waals surface area (Å²) in [6.07, 6.45) is 6.98. The molecule has 2 nitrogen and oxygen atoms in total. The fourth-order valence-electron chi connectivity index (χ4n) is 3.45. The molecule has 1 aromatic rings. The molecule has 1 aromatic heterocycles. The Hall–Kier alpha value is -1.05. The van der Waals surface area contributed by atoms with Crippen molar-refractivity contribution in [3.05, 3.63) is 23.0 Å². The van der Waals surface area contributed by atoms with Crippen molar-refractivity contribution in [1.29, 1.82) is 0 Å². The maximum Gasteiger partial charge on any atom is 0.164 e. The molecule has 0 spiro atoms. The second-order valence-electron chi connectivity index (χ2n) is 5.72. The Morgan fingerprint density at radius 2 is 2.06 bits per heavy atom. The molecule has 1 unspecified atom stereocenters. The van der Waals surface area contributed by atoms with Gasteiger partial charge >= 0.3 is 0 Å². The number of hydrogen-bond acceptors (Lipinski definition) is 1. The molecule has 3 rings (SSSR count). The lowest BCUT2D eigenvalue weighted by Gasteiger charge is -2.34. The number of aryl methyl sites for hydroxylation is 1. The highest BCUT2D eigenvalue weighted by Crippen LogP contribution is 2.39. The fraction of sp³-hybridized carbons (Fsp3) is 0.667.